The number of piperidine rings is 1. The van der Waals surface area contributed by atoms with Crippen molar-refractivity contribution in [2.75, 3.05) is 7.11 Å². The number of hydrogen-bond acceptors (Lipinski definition) is 4. The Hall–Kier alpha value is -2.08. The number of fused-ring (bicyclic) bond motifs is 1. The lowest BCUT2D eigenvalue weighted by Gasteiger charge is -2.35. The molecule has 0 aliphatic carbocycles. The minimum atomic E-state index is -1.02. The number of benzene rings is 1. The second-order valence-corrected chi connectivity index (χ2v) is 5.49. The van der Waals surface area contributed by atoms with E-state index in [9.17, 15) is 14.7 Å². The van der Waals surface area contributed by atoms with Crippen LogP contribution in [0.1, 0.15) is 34.3 Å². The molecule has 2 atom stereocenters. The molecular weight excluding hydrogens is 272 g/mol. The summed E-state index contributed by atoms with van der Waals surface area (Å²) in [7, 11) is 1.54. The fourth-order valence-corrected chi connectivity index (χ4v) is 3.09. The highest BCUT2D eigenvalue weighted by Gasteiger charge is 2.40. The van der Waals surface area contributed by atoms with Gasteiger partial charge in [-0.05, 0) is 30.5 Å². The lowest BCUT2D eigenvalue weighted by Crippen LogP contribution is -2.55. The van der Waals surface area contributed by atoms with E-state index in [1.54, 1.807) is 11.0 Å². The first-order valence-electron chi connectivity index (χ1n) is 6.97. The fourth-order valence-electron chi connectivity index (χ4n) is 3.09. The summed E-state index contributed by atoms with van der Waals surface area (Å²) in [5.41, 5.74) is 2.53. The number of amides is 2. The predicted molar refractivity (Wildman–Crippen MR) is 74.8 cm³/mol. The largest absolute Gasteiger partial charge is 0.496 e. The molecule has 2 N–H and O–H groups in total. The first kappa shape index (κ1) is 13.9. The summed E-state index contributed by atoms with van der Waals surface area (Å²) < 4.78 is 5.28. The topological polar surface area (TPSA) is 78.9 Å². The molecule has 2 amide bonds. The van der Waals surface area contributed by atoms with Crippen molar-refractivity contribution < 1.29 is 19.4 Å². The molecule has 21 heavy (non-hydrogen) atoms. The molecule has 0 spiro atoms. The smallest absolute Gasteiger partial charge is 0.258 e. The lowest BCUT2D eigenvalue weighted by atomic mass is 10.0. The van der Waals surface area contributed by atoms with Crippen molar-refractivity contribution in [2.24, 2.45) is 0 Å². The molecule has 112 valence electrons. The Morgan fingerprint density at radius 3 is 2.81 bits per heavy atom. The summed E-state index contributed by atoms with van der Waals surface area (Å²) in [6.45, 7) is 2.39. The van der Waals surface area contributed by atoms with Crippen LogP contribution >= 0.6 is 0 Å². The summed E-state index contributed by atoms with van der Waals surface area (Å²) in [6.07, 6.45) is -0.234. The van der Waals surface area contributed by atoms with Crippen LogP contribution in [-0.4, -0.2) is 41.2 Å². The van der Waals surface area contributed by atoms with Gasteiger partial charge in [0, 0.05) is 13.0 Å². The van der Waals surface area contributed by atoms with Gasteiger partial charge in [-0.3, -0.25) is 9.59 Å². The van der Waals surface area contributed by atoms with E-state index in [1.807, 2.05) is 13.0 Å². The third-order valence-electron chi connectivity index (χ3n) is 4.27. The minimum Gasteiger partial charge on any atom is -0.496 e. The van der Waals surface area contributed by atoms with E-state index >= 15 is 0 Å². The molecule has 2 heterocycles. The molecule has 3 rings (SSSR count). The fraction of sp³-hybridized carbons (Fsp3) is 0.467. The van der Waals surface area contributed by atoms with Gasteiger partial charge in [0.1, 0.15) is 12.0 Å². The van der Waals surface area contributed by atoms with Crippen molar-refractivity contribution in [2.45, 2.75) is 38.6 Å². The first-order chi connectivity index (χ1) is 10.0. The number of ether oxygens (including phenoxy) is 1. The van der Waals surface area contributed by atoms with Crippen LogP contribution in [0.15, 0.2) is 12.1 Å². The van der Waals surface area contributed by atoms with E-state index in [0.717, 1.165) is 11.1 Å². The maximum atomic E-state index is 12.7. The molecule has 6 nitrogen and oxygen atoms in total. The maximum absolute atomic E-state index is 12.7. The lowest BCUT2D eigenvalue weighted by molar-refractivity contribution is -0.129. The zero-order valence-corrected chi connectivity index (χ0v) is 12.0. The van der Waals surface area contributed by atoms with Crippen LogP contribution in [0, 0.1) is 6.92 Å². The summed E-state index contributed by atoms with van der Waals surface area (Å²) >= 11 is 0. The number of nitrogens with one attached hydrogen (secondary N) is 1. The second kappa shape index (κ2) is 5.04. The van der Waals surface area contributed by atoms with Gasteiger partial charge in [0.15, 0.2) is 0 Å². The number of hydrogen-bond donors (Lipinski definition) is 2. The zero-order valence-electron chi connectivity index (χ0n) is 12.0. The van der Waals surface area contributed by atoms with Gasteiger partial charge in [0.2, 0.25) is 5.91 Å². The highest BCUT2D eigenvalue weighted by atomic mass is 16.5. The van der Waals surface area contributed by atoms with Crippen molar-refractivity contribution in [3.63, 3.8) is 0 Å². The van der Waals surface area contributed by atoms with Crippen molar-refractivity contribution in [1.29, 1.82) is 0 Å². The van der Waals surface area contributed by atoms with Crippen LogP contribution < -0.4 is 10.1 Å². The molecule has 0 radical (unpaired) electrons. The molecule has 1 fully saturated rings. The second-order valence-electron chi connectivity index (χ2n) is 5.49. The van der Waals surface area contributed by atoms with Crippen LogP contribution in [0.2, 0.25) is 0 Å². The number of aliphatic hydroxyl groups excluding tert-OH is 1. The van der Waals surface area contributed by atoms with Crippen molar-refractivity contribution >= 4 is 11.8 Å². The molecule has 1 saturated heterocycles. The Labute approximate surface area is 122 Å². The summed E-state index contributed by atoms with van der Waals surface area (Å²) in [5.74, 6) is 0.222. The van der Waals surface area contributed by atoms with Crippen LogP contribution in [0.25, 0.3) is 0 Å². The molecule has 2 aliphatic heterocycles. The molecular formula is C15H18N2O4. The molecule has 6 heteroatoms. The third kappa shape index (κ3) is 2.15. The predicted octanol–water partition coefficient (Wildman–Crippen LogP) is 0.556. The maximum Gasteiger partial charge on any atom is 0.258 e. The molecule has 0 aromatic heterocycles. The highest BCUT2D eigenvalue weighted by molar-refractivity contribution is 6.01. The SMILES string of the molecule is COc1ccc(C)c2c1C(=O)N(C1CCC(=O)NC1O)C2. The summed E-state index contributed by atoms with van der Waals surface area (Å²) in [5, 5.41) is 12.5. The van der Waals surface area contributed by atoms with Gasteiger partial charge in [-0.15, -0.1) is 0 Å². The van der Waals surface area contributed by atoms with Crippen LogP contribution in [0.4, 0.5) is 0 Å². The van der Waals surface area contributed by atoms with Gasteiger partial charge in [0.05, 0.1) is 18.7 Å². The third-order valence-corrected chi connectivity index (χ3v) is 4.27. The zero-order chi connectivity index (χ0) is 15.1. The minimum absolute atomic E-state index is 0.147. The molecule has 1 aromatic rings. The quantitative estimate of drug-likeness (QED) is 0.834. The van der Waals surface area contributed by atoms with Gasteiger partial charge >= 0.3 is 0 Å². The normalized spacial score (nSPS) is 24.8. The van der Waals surface area contributed by atoms with Gasteiger partial charge < -0.3 is 20.1 Å². The molecule has 2 unspecified atom stereocenters. The number of methoxy groups -OCH3 is 1. The number of carbonyl (C=O) groups excluding carboxylic acids is 2. The average Bonchev–Trinajstić information content (AvgIpc) is 2.79. The van der Waals surface area contributed by atoms with Gasteiger partial charge in [-0.2, -0.15) is 0 Å². The van der Waals surface area contributed by atoms with Crippen molar-refractivity contribution in [3.8, 4) is 5.75 Å². The van der Waals surface area contributed by atoms with Crippen LogP contribution in [-0.2, 0) is 11.3 Å². The van der Waals surface area contributed by atoms with E-state index in [2.05, 4.69) is 5.32 Å². The molecule has 1 aromatic carbocycles. The molecule has 0 saturated carbocycles. The van der Waals surface area contributed by atoms with Gasteiger partial charge in [0.25, 0.3) is 5.91 Å². The molecule has 2 aliphatic rings. The van der Waals surface area contributed by atoms with Crippen LogP contribution in [0.5, 0.6) is 5.75 Å². The van der Waals surface area contributed by atoms with Crippen molar-refractivity contribution in [3.05, 3.63) is 28.8 Å². The van der Waals surface area contributed by atoms with Crippen molar-refractivity contribution in [1.82, 2.24) is 10.2 Å². The Balaban J connectivity index is 1.93. The Kier molecular flexibility index (Phi) is 3.33. The van der Waals surface area contributed by atoms with Gasteiger partial charge in [-0.25, -0.2) is 0 Å². The molecule has 0 bridgehead atoms. The van der Waals surface area contributed by atoms with Gasteiger partial charge in [-0.1, -0.05) is 6.07 Å². The highest BCUT2D eigenvalue weighted by Crippen LogP contribution is 2.35. The standard InChI is InChI=1S/C15H18N2O4/c1-8-3-5-11(21-2)13-9(8)7-17(15(13)20)10-4-6-12(18)16-14(10)19/h3,5,10,14,19H,4,6-7H2,1-2H3,(H,16,18). The summed E-state index contributed by atoms with van der Waals surface area (Å²) in [4.78, 5) is 25.6. The number of rotatable bonds is 2. The average molecular weight is 290 g/mol. The van der Waals surface area contributed by atoms with E-state index in [1.165, 1.54) is 7.11 Å². The first-order valence-corrected chi connectivity index (χ1v) is 6.97. The number of nitrogens with zero attached hydrogens (tertiary/aromatic N) is 1. The van der Waals surface area contributed by atoms with E-state index in [-0.39, 0.29) is 11.8 Å². The van der Waals surface area contributed by atoms with E-state index in [4.69, 9.17) is 4.74 Å². The Morgan fingerprint density at radius 1 is 1.38 bits per heavy atom. The number of carbonyl (C=O) groups is 2. The monoisotopic (exact) mass is 290 g/mol. The number of aryl methyl sites for hydroxylation is 1. The van der Waals surface area contributed by atoms with E-state index in [0.29, 0.717) is 30.7 Å². The Morgan fingerprint density at radius 2 is 2.14 bits per heavy atom. The van der Waals surface area contributed by atoms with Crippen LogP contribution in [0.3, 0.4) is 0 Å². The summed E-state index contributed by atoms with van der Waals surface area (Å²) in [6, 6.07) is 3.31. The number of aliphatic hydroxyl groups is 1. The van der Waals surface area contributed by atoms with E-state index < -0.39 is 12.3 Å². The Bertz CT molecular complexity index is 614.